The third-order valence-corrected chi connectivity index (χ3v) is 3.01. The quantitative estimate of drug-likeness (QED) is 0.745. The van der Waals surface area contributed by atoms with Gasteiger partial charge >= 0.3 is 0 Å². The Labute approximate surface area is 96.0 Å². The molecular weight excluding hydrogens is 231 g/mol. The molecule has 1 heterocycles. The zero-order valence-corrected chi connectivity index (χ0v) is 9.05. The number of benzene rings is 1. The Kier molecular flexibility index (Phi) is 2.04. The minimum absolute atomic E-state index is 0.00678. The minimum atomic E-state index is -0.427. The van der Waals surface area contributed by atoms with Crippen molar-refractivity contribution in [1.29, 1.82) is 0 Å². The van der Waals surface area contributed by atoms with Gasteiger partial charge in [-0.15, -0.1) is 0 Å². The van der Waals surface area contributed by atoms with Crippen LogP contribution < -0.4 is 0 Å². The number of rotatable bonds is 2. The van der Waals surface area contributed by atoms with Crippen LogP contribution in [0.3, 0.4) is 0 Å². The van der Waals surface area contributed by atoms with Gasteiger partial charge in [0.05, 0.1) is 5.02 Å². The van der Waals surface area contributed by atoms with Crippen LogP contribution in [0, 0.1) is 11.7 Å². The van der Waals surface area contributed by atoms with Gasteiger partial charge in [-0.1, -0.05) is 11.6 Å². The van der Waals surface area contributed by atoms with E-state index in [0.717, 1.165) is 12.8 Å². The number of carbonyl (C=O) groups excluding carboxylic acids is 1. The maximum absolute atomic E-state index is 13.1. The van der Waals surface area contributed by atoms with Gasteiger partial charge in [0.15, 0.2) is 11.3 Å². The normalized spacial score (nSPS) is 15.6. The van der Waals surface area contributed by atoms with Gasteiger partial charge in [-0.25, -0.2) is 4.39 Å². The van der Waals surface area contributed by atoms with Crippen molar-refractivity contribution in [3.8, 4) is 0 Å². The van der Waals surface area contributed by atoms with Crippen LogP contribution in [-0.4, -0.2) is 5.78 Å². The highest BCUT2D eigenvalue weighted by Crippen LogP contribution is 2.35. The Hall–Kier alpha value is -1.35. The smallest absolute Gasteiger partial charge is 0.201 e. The fourth-order valence-corrected chi connectivity index (χ4v) is 2.00. The van der Waals surface area contributed by atoms with E-state index in [9.17, 15) is 9.18 Å². The average Bonchev–Trinajstić information content (AvgIpc) is 2.97. The van der Waals surface area contributed by atoms with Gasteiger partial charge in [-0.05, 0) is 31.0 Å². The van der Waals surface area contributed by atoms with E-state index in [1.165, 1.54) is 12.1 Å². The van der Waals surface area contributed by atoms with Gasteiger partial charge in [0, 0.05) is 11.3 Å². The molecule has 0 unspecified atom stereocenters. The molecule has 1 aromatic carbocycles. The maximum Gasteiger partial charge on any atom is 0.201 e. The molecule has 0 bridgehead atoms. The molecule has 1 aliphatic rings. The Morgan fingerprint density at radius 3 is 2.81 bits per heavy atom. The molecule has 1 fully saturated rings. The first-order chi connectivity index (χ1) is 7.65. The summed E-state index contributed by atoms with van der Waals surface area (Å²) in [5.41, 5.74) is 0.382. The lowest BCUT2D eigenvalue weighted by atomic mass is 10.2. The molecule has 3 rings (SSSR count). The summed E-state index contributed by atoms with van der Waals surface area (Å²) in [5.74, 6) is -0.0643. The maximum atomic E-state index is 13.1. The summed E-state index contributed by atoms with van der Waals surface area (Å²) < 4.78 is 18.4. The summed E-state index contributed by atoms with van der Waals surface area (Å²) in [6, 6.07) is 4.05. The molecule has 1 aromatic heterocycles. The van der Waals surface area contributed by atoms with Crippen LogP contribution in [0.5, 0.6) is 0 Å². The van der Waals surface area contributed by atoms with Crippen molar-refractivity contribution >= 4 is 28.4 Å². The number of fused-ring (bicyclic) bond motifs is 1. The third kappa shape index (κ3) is 1.52. The molecule has 0 saturated heterocycles. The lowest BCUT2D eigenvalue weighted by Crippen LogP contribution is -1.98. The van der Waals surface area contributed by atoms with Crippen LogP contribution in [0.1, 0.15) is 23.4 Å². The van der Waals surface area contributed by atoms with E-state index in [1.54, 1.807) is 6.07 Å². The van der Waals surface area contributed by atoms with Crippen LogP contribution in [0.15, 0.2) is 22.6 Å². The Balaban J connectivity index is 2.14. The lowest BCUT2D eigenvalue weighted by molar-refractivity contribution is 0.0942. The summed E-state index contributed by atoms with van der Waals surface area (Å²) in [6.07, 6.45) is 1.83. The monoisotopic (exact) mass is 238 g/mol. The fraction of sp³-hybridized carbons (Fsp3) is 0.250. The zero-order valence-electron chi connectivity index (χ0n) is 8.30. The number of hydrogen-bond donors (Lipinski definition) is 0. The largest absolute Gasteiger partial charge is 0.451 e. The highest BCUT2D eigenvalue weighted by molar-refractivity contribution is 6.34. The lowest BCUT2D eigenvalue weighted by Gasteiger charge is -1.92. The van der Waals surface area contributed by atoms with Crippen molar-refractivity contribution < 1.29 is 13.6 Å². The van der Waals surface area contributed by atoms with Crippen LogP contribution >= 0.6 is 11.6 Å². The second-order valence-electron chi connectivity index (χ2n) is 4.06. The predicted octanol–water partition coefficient (Wildman–Crippen LogP) is 3.82. The van der Waals surface area contributed by atoms with E-state index >= 15 is 0 Å². The van der Waals surface area contributed by atoms with Crippen LogP contribution in [0.4, 0.5) is 4.39 Å². The van der Waals surface area contributed by atoms with E-state index < -0.39 is 5.82 Å². The number of Topliss-reactive ketones (excluding diaryl/α,β-unsaturated/α-hetero) is 1. The highest BCUT2D eigenvalue weighted by atomic mass is 35.5. The molecule has 4 heteroatoms. The Morgan fingerprint density at radius 1 is 1.38 bits per heavy atom. The van der Waals surface area contributed by atoms with Gasteiger partial charge in [-0.2, -0.15) is 0 Å². The molecule has 16 heavy (non-hydrogen) atoms. The first-order valence-corrected chi connectivity index (χ1v) is 5.46. The van der Waals surface area contributed by atoms with Crippen LogP contribution in [0.2, 0.25) is 5.02 Å². The van der Waals surface area contributed by atoms with Gasteiger partial charge in [-0.3, -0.25) is 4.79 Å². The van der Waals surface area contributed by atoms with E-state index in [0.29, 0.717) is 11.0 Å². The number of ketones is 1. The average molecular weight is 239 g/mol. The molecular formula is C12H8ClFO2. The van der Waals surface area contributed by atoms with Crippen molar-refractivity contribution in [2.24, 2.45) is 5.92 Å². The molecule has 2 nitrogen and oxygen atoms in total. The first-order valence-electron chi connectivity index (χ1n) is 5.08. The van der Waals surface area contributed by atoms with E-state index in [2.05, 4.69) is 0 Å². The van der Waals surface area contributed by atoms with E-state index in [-0.39, 0.29) is 22.5 Å². The third-order valence-electron chi connectivity index (χ3n) is 2.73. The molecule has 0 radical (unpaired) electrons. The molecule has 0 N–H and O–H groups in total. The fourth-order valence-electron chi connectivity index (χ4n) is 1.74. The van der Waals surface area contributed by atoms with E-state index in [1.807, 2.05) is 0 Å². The predicted molar refractivity (Wildman–Crippen MR) is 58.2 cm³/mol. The van der Waals surface area contributed by atoms with Gasteiger partial charge in [0.1, 0.15) is 5.82 Å². The summed E-state index contributed by atoms with van der Waals surface area (Å²) in [7, 11) is 0. The van der Waals surface area contributed by atoms with Gasteiger partial charge in [0.2, 0.25) is 5.78 Å². The summed E-state index contributed by atoms with van der Waals surface area (Å²) in [6.45, 7) is 0. The number of furan rings is 1. The van der Waals surface area contributed by atoms with Crippen molar-refractivity contribution in [2.75, 3.05) is 0 Å². The highest BCUT2D eigenvalue weighted by Gasteiger charge is 2.32. The minimum Gasteiger partial charge on any atom is -0.451 e. The molecule has 0 spiro atoms. The summed E-state index contributed by atoms with van der Waals surface area (Å²) in [5, 5.41) is 0.735. The number of halogens is 2. The molecule has 82 valence electrons. The topological polar surface area (TPSA) is 30.2 Å². The van der Waals surface area contributed by atoms with Crippen LogP contribution in [-0.2, 0) is 0 Å². The van der Waals surface area contributed by atoms with E-state index in [4.69, 9.17) is 16.0 Å². The molecule has 1 aliphatic carbocycles. The molecule has 0 aliphatic heterocycles. The standard InChI is InChI=1S/C12H8ClFO2/c13-9-5-8(14)3-7-4-10(16-12(7)9)11(15)6-1-2-6/h3-6H,1-2H2. The Morgan fingerprint density at radius 2 is 2.12 bits per heavy atom. The zero-order chi connectivity index (χ0) is 11.3. The second kappa shape index (κ2) is 3.32. The van der Waals surface area contributed by atoms with Crippen molar-refractivity contribution in [3.05, 3.63) is 34.8 Å². The van der Waals surface area contributed by atoms with Crippen molar-refractivity contribution in [2.45, 2.75) is 12.8 Å². The molecule has 1 saturated carbocycles. The van der Waals surface area contributed by atoms with Gasteiger partial charge < -0.3 is 4.42 Å². The SMILES string of the molecule is O=C(c1cc2cc(F)cc(Cl)c2o1)C1CC1. The number of carbonyl (C=O) groups is 1. The Bertz CT molecular complexity index is 584. The molecule has 0 amide bonds. The van der Waals surface area contributed by atoms with Crippen molar-refractivity contribution in [3.63, 3.8) is 0 Å². The van der Waals surface area contributed by atoms with Gasteiger partial charge in [0.25, 0.3) is 0 Å². The summed E-state index contributed by atoms with van der Waals surface area (Å²) in [4.78, 5) is 11.7. The van der Waals surface area contributed by atoms with Crippen molar-refractivity contribution in [1.82, 2.24) is 0 Å². The second-order valence-corrected chi connectivity index (χ2v) is 4.46. The van der Waals surface area contributed by atoms with Crippen LogP contribution in [0.25, 0.3) is 11.0 Å². The first kappa shape index (κ1) is 9.85. The molecule has 2 aromatic rings. The number of hydrogen-bond acceptors (Lipinski definition) is 2. The molecule has 0 atom stereocenters. The summed E-state index contributed by atoms with van der Waals surface area (Å²) >= 11 is 5.83.